The second-order valence-corrected chi connectivity index (χ2v) is 12.0. The quantitative estimate of drug-likeness (QED) is 0.178. The van der Waals surface area contributed by atoms with Crippen molar-refractivity contribution in [2.75, 3.05) is 10.2 Å². The molecule has 3 atom stereocenters. The van der Waals surface area contributed by atoms with E-state index in [0.717, 1.165) is 46.2 Å². The number of hydrogen-bond donors (Lipinski definition) is 2. The van der Waals surface area contributed by atoms with Gasteiger partial charge in [0.1, 0.15) is 23.4 Å². The Morgan fingerprint density at radius 3 is 2.33 bits per heavy atom. The summed E-state index contributed by atoms with van der Waals surface area (Å²) in [5.74, 6) is -4.67. The van der Waals surface area contributed by atoms with E-state index in [1.54, 1.807) is 0 Å². The summed E-state index contributed by atoms with van der Waals surface area (Å²) in [6, 6.07) is 14.8. The molecule has 6 rings (SSSR count). The first-order valence-electron chi connectivity index (χ1n) is 12.7. The van der Waals surface area contributed by atoms with Gasteiger partial charge in [0.2, 0.25) is 17.7 Å². The Balaban J connectivity index is 1.40. The van der Waals surface area contributed by atoms with Crippen LogP contribution < -0.4 is 15.1 Å². The lowest BCUT2D eigenvalue weighted by atomic mass is 9.83. The molecule has 2 N–H and O–H groups in total. The highest BCUT2D eigenvalue weighted by Gasteiger charge is 2.57. The van der Waals surface area contributed by atoms with E-state index < -0.39 is 63.8 Å². The number of phenolic OH excluding ortho intramolecular Hbond substituents is 1. The van der Waals surface area contributed by atoms with Gasteiger partial charge in [-0.25, -0.2) is 9.29 Å². The maximum absolute atomic E-state index is 13.9. The molecule has 43 heavy (non-hydrogen) atoms. The van der Waals surface area contributed by atoms with E-state index in [9.17, 15) is 41.8 Å². The minimum absolute atomic E-state index is 0.00568. The summed E-state index contributed by atoms with van der Waals surface area (Å²) in [6.07, 6.45) is -4.71. The molecule has 0 radical (unpaired) electrons. The normalized spacial score (nSPS) is 19.7. The van der Waals surface area contributed by atoms with Gasteiger partial charge >= 0.3 is 11.0 Å². The van der Waals surface area contributed by atoms with Crippen molar-refractivity contribution in [3.63, 3.8) is 0 Å². The molecule has 1 aromatic heterocycles. The predicted molar refractivity (Wildman–Crippen MR) is 151 cm³/mol. The predicted octanol–water partition coefficient (Wildman–Crippen LogP) is 5.21. The zero-order valence-corrected chi connectivity index (χ0v) is 23.3. The number of amides is 3. The van der Waals surface area contributed by atoms with Crippen molar-refractivity contribution in [3.8, 4) is 5.75 Å². The number of halogens is 4. The van der Waals surface area contributed by atoms with Crippen LogP contribution in [0.25, 0.3) is 0 Å². The van der Waals surface area contributed by atoms with Crippen LogP contribution in [0.2, 0.25) is 0 Å². The third-order valence-electron chi connectivity index (χ3n) is 7.16. The number of aromatic hydroxyl groups is 1. The number of nitrogens with one attached hydrogen (secondary N) is 1. The van der Waals surface area contributed by atoms with Gasteiger partial charge in [0.05, 0.1) is 22.2 Å². The third kappa shape index (κ3) is 5.20. The van der Waals surface area contributed by atoms with Crippen LogP contribution in [-0.2, 0) is 27.1 Å². The van der Waals surface area contributed by atoms with Crippen LogP contribution in [0.3, 0.4) is 0 Å². The zero-order valence-electron chi connectivity index (χ0n) is 21.7. The van der Waals surface area contributed by atoms with Gasteiger partial charge in [-0.1, -0.05) is 41.3 Å². The molecule has 2 aliphatic rings. The largest absolute Gasteiger partial charge is 0.508 e. The summed E-state index contributed by atoms with van der Waals surface area (Å²) in [6.45, 7) is -0.439. The van der Waals surface area contributed by atoms with E-state index in [4.69, 9.17) is 0 Å². The number of rotatable bonds is 5. The third-order valence-corrected chi connectivity index (χ3v) is 9.77. The van der Waals surface area contributed by atoms with Crippen molar-refractivity contribution in [1.29, 1.82) is 0 Å². The van der Waals surface area contributed by atoms with E-state index in [0.29, 0.717) is 16.1 Å². The Labute approximate surface area is 248 Å². The molecule has 220 valence electrons. The Morgan fingerprint density at radius 1 is 0.953 bits per heavy atom. The van der Waals surface area contributed by atoms with Crippen LogP contribution >= 0.6 is 23.1 Å². The Morgan fingerprint density at radius 2 is 1.65 bits per heavy atom. The van der Waals surface area contributed by atoms with E-state index in [1.165, 1.54) is 59.2 Å². The van der Waals surface area contributed by atoms with Gasteiger partial charge in [0.25, 0.3) is 0 Å². The number of alkyl halides is 3. The van der Waals surface area contributed by atoms with E-state index in [2.05, 4.69) is 5.32 Å². The number of carbonyl (C=O) groups excluding carboxylic acids is 3. The summed E-state index contributed by atoms with van der Waals surface area (Å²) >= 11 is 1.68. The lowest BCUT2D eigenvalue weighted by Crippen LogP contribution is -2.33. The van der Waals surface area contributed by atoms with Crippen molar-refractivity contribution in [3.05, 3.63) is 104 Å². The number of benzene rings is 3. The molecule has 3 heterocycles. The van der Waals surface area contributed by atoms with Crippen molar-refractivity contribution in [1.82, 2.24) is 4.57 Å². The molecular weight excluding hydrogens is 610 g/mol. The van der Waals surface area contributed by atoms with Crippen molar-refractivity contribution < 1.29 is 37.1 Å². The molecule has 0 saturated carbocycles. The molecule has 2 unspecified atom stereocenters. The molecule has 0 spiro atoms. The van der Waals surface area contributed by atoms with Crippen LogP contribution in [0.1, 0.15) is 21.9 Å². The number of hydrogen-bond acceptors (Lipinski definition) is 7. The maximum atomic E-state index is 13.9. The summed E-state index contributed by atoms with van der Waals surface area (Å²) in [5.41, 5.74) is -0.486. The number of aromatic nitrogens is 1. The van der Waals surface area contributed by atoms with Gasteiger partial charge in [-0.3, -0.25) is 23.7 Å². The van der Waals surface area contributed by atoms with E-state index in [1.807, 2.05) is 0 Å². The Hall–Kier alpha value is -4.43. The fraction of sp³-hybridized carbons (Fsp3) is 0.172. The topological polar surface area (TPSA) is 109 Å². The summed E-state index contributed by atoms with van der Waals surface area (Å²) in [7, 11) is 0. The summed E-state index contributed by atoms with van der Waals surface area (Å²) < 4.78 is 55.4. The van der Waals surface area contributed by atoms with Crippen LogP contribution in [0, 0.1) is 11.7 Å². The summed E-state index contributed by atoms with van der Waals surface area (Å²) in [5, 5.41) is 11.2. The first-order valence-corrected chi connectivity index (χ1v) is 14.4. The molecule has 0 aliphatic carbocycles. The molecule has 0 bridgehead atoms. The smallest absolute Gasteiger partial charge is 0.416 e. The van der Waals surface area contributed by atoms with E-state index in [-0.39, 0.29) is 16.5 Å². The molecule has 3 aromatic carbocycles. The summed E-state index contributed by atoms with van der Waals surface area (Å²) in [4.78, 5) is 54.2. The van der Waals surface area contributed by atoms with Gasteiger partial charge in [0, 0.05) is 16.5 Å². The number of imide groups is 1. The number of nitrogens with zero attached hydrogens (tertiary/aromatic N) is 2. The molecule has 2 aliphatic heterocycles. The molecule has 4 aromatic rings. The minimum Gasteiger partial charge on any atom is -0.508 e. The number of thiazole rings is 1. The fourth-order valence-electron chi connectivity index (χ4n) is 5.25. The van der Waals surface area contributed by atoms with Gasteiger partial charge < -0.3 is 10.4 Å². The monoisotopic (exact) mass is 629 g/mol. The first kappa shape index (κ1) is 28.7. The van der Waals surface area contributed by atoms with E-state index >= 15 is 0 Å². The minimum atomic E-state index is -4.71. The average Bonchev–Trinajstić information content (AvgIpc) is 3.40. The molecule has 3 amide bonds. The fourth-order valence-corrected chi connectivity index (χ4v) is 8.02. The highest BCUT2D eigenvalue weighted by Crippen LogP contribution is 2.54. The average molecular weight is 630 g/mol. The van der Waals surface area contributed by atoms with Crippen LogP contribution in [0.15, 0.2) is 82.6 Å². The Bertz CT molecular complexity index is 1820. The van der Waals surface area contributed by atoms with Crippen molar-refractivity contribution >= 4 is 52.2 Å². The molecule has 8 nitrogen and oxygen atoms in total. The Kier molecular flexibility index (Phi) is 7.13. The molecule has 14 heteroatoms. The lowest BCUT2D eigenvalue weighted by Gasteiger charge is -2.30. The second kappa shape index (κ2) is 10.7. The van der Waals surface area contributed by atoms with Crippen LogP contribution in [0.4, 0.5) is 28.9 Å². The van der Waals surface area contributed by atoms with Crippen LogP contribution in [0.5, 0.6) is 5.75 Å². The standard InChI is InChI=1S/C29H19F4N3O5S2/c30-16-6-4-14(5-7-16)21-22-23(26(40)36(25(22)39)18-3-1-2-15(12-18)29(31,32)33)42-27-24(21)43-28(41)35(27)13-20(38)34-17-8-10-19(37)11-9-17/h1-12,21-23,37H,13H2,(H,34,38)/t21-,22?,23?/m1/s1. The molecule has 1 saturated heterocycles. The van der Waals surface area contributed by atoms with Gasteiger partial charge in [-0.15, -0.1) is 0 Å². The lowest BCUT2D eigenvalue weighted by molar-refractivity contribution is -0.137. The highest BCUT2D eigenvalue weighted by atomic mass is 32.2. The van der Waals surface area contributed by atoms with Crippen molar-refractivity contribution in [2.45, 2.75) is 28.9 Å². The maximum Gasteiger partial charge on any atom is 0.416 e. The number of phenols is 1. The van der Waals surface area contributed by atoms with Gasteiger partial charge in [-0.2, -0.15) is 13.2 Å². The first-order chi connectivity index (χ1) is 20.4. The van der Waals surface area contributed by atoms with Gasteiger partial charge in [0.15, 0.2) is 0 Å². The number of thioether (sulfide) groups is 1. The highest BCUT2D eigenvalue weighted by molar-refractivity contribution is 8.00. The second-order valence-electron chi connectivity index (χ2n) is 9.87. The van der Waals surface area contributed by atoms with Gasteiger partial charge in [-0.05, 0) is 60.2 Å². The molecule has 1 fully saturated rings. The number of carbonyl (C=O) groups is 3. The van der Waals surface area contributed by atoms with Crippen LogP contribution in [-0.4, -0.2) is 32.6 Å². The molecular formula is C29H19F4N3O5S2. The van der Waals surface area contributed by atoms with Crippen molar-refractivity contribution in [2.24, 2.45) is 5.92 Å². The number of fused-ring (bicyclic) bond motifs is 2. The SMILES string of the molecule is O=C(Cn1c2c(sc1=O)[C@H](c1ccc(F)cc1)C1C(=O)N(c3cccc(C(F)(F)F)c3)C(=O)C1S2)Nc1ccc(O)cc1. The number of anilines is 2. The zero-order chi connectivity index (χ0) is 30.6.